The first kappa shape index (κ1) is 13.6. The van der Waals surface area contributed by atoms with E-state index in [0.717, 1.165) is 0 Å². The van der Waals surface area contributed by atoms with Gasteiger partial charge in [0.15, 0.2) is 23.0 Å². The molecule has 0 unspecified atom stereocenters. The van der Waals surface area contributed by atoms with Crippen molar-refractivity contribution in [3.05, 3.63) is 36.4 Å². The topological polar surface area (TPSA) is 112 Å². The number of hydrogen-bond donors (Lipinski definition) is 1. The molecular weight excluding hydrogens is 426 g/mol. The van der Waals surface area contributed by atoms with Crippen LogP contribution in [0.1, 0.15) is 11.0 Å². The third kappa shape index (κ3) is 3.88. The molecule has 1 saturated heterocycles. The number of benzene rings is 2. The van der Waals surface area contributed by atoms with Gasteiger partial charge < -0.3 is 34.5 Å². The smallest absolute Gasteiger partial charge is 0.267 e. The van der Waals surface area contributed by atoms with Crippen molar-refractivity contribution in [2.24, 2.45) is 0 Å². The first-order valence-electron chi connectivity index (χ1n) is 13.8. The second kappa shape index (κ2) is 8.53. The summed E-state index contributed by atoms with van der Waals surface area (Å²) < 4.78 is 91.1. The fraction of sp³-hybridized carbons (Fsp3) is 0.348. The van der Waals surface area contributed by atoms with E-state index in [4.69, 9.17) is 35.6 Å². The van der Waals surface area contributed by atoms with Crippen LogP contribution in [0.5, 0.6) is 23.0 Å². The van der Waals surface area contributed by atoms with Crippen molar-refractivity contribution in [2.45, 2.75) is 6.10 Å². The number of nitrogens with two attached hydrogens (primary N) is 1. The number of methoxy groups -OCH3 is 2. The van der Waals surface area contributed by atoms with Crippen molar-refractivity contribution < 1.29 is 34.7 Å². The predicted molar refractivity (Wildman–Crippen MR) is 122 cm³/mol. The highest BCUT2D eigenvalue weighted by molar-refractivity contribution is 5.91. The number of nitrogens with zero attached hydrogens (tertiary/aromatic N) is 4. The van der Waals surface area contributed by atoms with Crippen molar-refractivity contribution in [3.63, 3.8) is 0 Å². The highest BCUT2D eigenvalue weighted by Crippen LogP contribution is 2.34. The maximum Gasteiger partial charge on any atom is 0.267 e. The molecule has 3 heterocycles. The number of ether oxygens (including phenoxy) is 4. The van der Waals surface area contributed by atoms with Crippen LogP contribution in [0.3, 0.4) is 0 Å². The molecule has 33 heavy (non-hydrogen) atoms. The number of hydrogen-bond acceptors (Lipinski definition) is 9. The van der Waals surface area contributed by atoms with Gasteiger partial charge in [0.05, 0.1) is 30.7 Å². The third-order valence-electron chi connectivity index (χ3n) is 4.97. The van der Waals surface area contributed by atoms with Gasteiger partial charge in [0.25, 0.3) is 5.91 Å². The third-order valence-corrected chi connectivity index (χ3v) is 4.97. The lowest BCUT2D eigenvalue weighted by atomic mass is 10.2. The number of aromatic nitrogens is 2. The molecule has 10 nitrogen and oxygen atoms in total. The standard InChI is InChI=1S/C23H25N5O5/c1-30-18-11-14-15(12-19(18)31-2)25-23(26-21(14)24)28-9-7-27(8-10-28)22(29)20-13-32-16-5-3-4-6-17(16)33-20/h3-6,11-12,20H,7-10,13H2,1-2H3,(H2,24,25,26)/t20-/m0/s1/i7D2,8D2,9D2,10D2. The summed E-state index contributed by atoms with van der Waals surface area (Å²) in [6, 6.07) is 9.16. The Morgan fingerprint density at radius 3 is 2.52 bits per heavy atom. The second-order valence-corrected chi connectivity index (χ2v) is 6.95. The number of rotatable bonds is 4. The maximum atomic E-state index is 13.6. The number of amides is 1. The Bertz CT molecular complexity index is 1510. The Morgan fingerprint density at radius 1 is 1.09 bits per heavy atom. The Hall–Kier alpha value is -3.95. The van der Waals surface area contributed by atoms with Crippen LogP contribution >= 0.6 is 0 Å². The zero-order chi connectivity index (χ0) is 30.1. The Kier molecular flexibility index (Phi) is 3.51. The molecule has 2 N–H and O–H groups in total. The first-order chi connectivity index (χ1) is 19.1. The van der Waals surface area contributed by atoms with Crippen LogP contribution in [0.15, 0.2) is 36.4 Å². The molecule has 172 valence electrons. The van der Waals surface area contributed by atoms with Gasteiger partial charge in [-0.3, -0.25) is 4.79 Å². The van der Waals surface area contributed by atoms with Gasteiger partial charge in [0.1, 0.15) is 12.4 Å². The average Bonchev–Trinajstić information content (AvgIpc) is 2.90. The van der Waals surface area contributed by atoms with Gasteiger partial charge in [-0.1, -0.05) is 12.1 Å². The van der Waals surface area contributed by atoms with Gasteiger partial charge in [0, 0.05) is 37.4 Å². The summed E-state index contributed by atoms with van der Waals surface area (Å²) in [5.41, 5.74) is 6.16. The number of nitrogen functional groups attached to an aromatic ring is 1. The van der Waals surface area contributed by atoms with Crippen molar-refractivity contribution in [3.8, 4) is 23.0 Å². The number of fused-ring (bicyclic) bond motifs is 2. The second-order valence-electron chi connectivity index (χ2n) is 6.95. The summed E-state index contributed by atoms with van der Waals surface area (Å²) >= 11 is 0. The van der Waals surface area contributed by atoms with E-state index >= 15 is 0 Å². The molecule has 1 aromatic heterocycles. The minimum atomic E-state index is -3.50. The largest absolute Gasteiger partial charge is 0.493 e. The molecule has 0 bridgehead atoms. The molecule has 2 aromatic carbocycles. The Morgan fingerprint density at radius 2 is 1.79 bits per heavy atom. The summed E-state index contributed by atoms with van der Waals surface area (Å²) in [5, 5.41) is 0.238. The summed E-state index contributed by atoms with van der Waals surface area (Å²) in [6.45, 7) is -14.3. The monoisotopic (exact) mass is 459 g/mol. The van der Waals surface area contributed by atoms with E-state index in [0.29, 0.717) is 5.75 Å². The SMILES string of the molecule is [2H]C1([2H])N(C(=O)[C@@H]2COc3ccccc3O2)C([2H])([2H])C([2H])([2H])N(c2nc(N)c3cc(OC)c(OC)cc3n2)C1([2H])[2H]. The highest BCUT2D eigenvalue weighted by Gasteiger charge is 2.33. The molecule has 1 atom stereocenters. The molecule has 1 amide bonds. The average molecular weight is 460 g/mol. The predicted octanol–water partition coefficient (Wildman–Crippen LogP) is 1.72. The summed E-state index contributed by atoms with van der Waals surface area (Å²) in [7, 11) is 2.76. The molecular formula is C23H25N5O5. The molecule has 1 fully saturated rings. The van der Waals surface area contributed by atoms with Crippen LogP contribution in [-0.4, -0.2) is 73.7 Å². The quantitative estimate of drug-likeness (QED) is 0.623. The lowest BCUT2D eigenvalue weighted by Crippen LogP contribution is -2.54. The van der Waals surface area contributed by atoms with E-state index in [1.54, 1.807) is 18.2 Å². The van der Waals surface area contributed by atoms with Crippen molar-refractivity contribution in [1.29, 1.82) is 0 Å². The zero-order valence-electron chi connectivity index (χ0n) is 25.7. The van der Waals surface area contributed by atoms with E-state index < -0.39 is 50.6 Å². The van der Waals surface area contributed by atoms with Crippen molar-refractivity contribution >= 4 is 28.6 Å². The van der Waals surface area contributed by atoms with Gasteiger partial charge in [-0.25, -0.2) is 4.98 Å². The maximum absolute atomic E-state index is 13.6. The minimum absolute atomic E-state index is 0.0581. The van der Waals surface area contributed by atoms with Crippen LogP contribution in [0.2, 0.25) is 0 Å². The fourth-order valence-corrected chi connectivity index (χ4v) is 3.32. The van der Waals surface area contributed by atoms with Crippen LogP contribution < -0.4 is 29.6 Å². The van der Waals surface area contributed by atoms with Crippen LogP contribution in [0.4, 0.5) is 11.8 Å². The molecule has 5 rings (SSSR count). The van der Waals surface area contributed by atoms with E-state index in [9.17, 15) is 4.79 Å². The number of carbonyl (C=O) groups is 1. The van der Waals surface area contributed by atoms with Crippen molar-refractivity contribution in [2.75, 3.05) is 57.4 Å². The van der Waals surface area contributed by atoms with Crippen LogP contribution in [-0.2, 0) is 4.79 Å². The summed E-state index contributed by atoms with van der Waals surface area (Å²) in [4.78, 5) is 21.8. The highest BCUT2D eigenvalue weighted by atomic mass is 16.6. The number of piperazine rings is 1. The van der Waals surface area contributed by atoms with E-state index in [1.165, 1.54) is 32.4 Å². The van der Waals surface area contributed by atoms with Gasteiger partial charge >= 0.3 is 0 Å². The number of anilines is 2. The van der Waals surface area contributed by atoms with E-state index in [-0.39, 0.29) is 43.8 Å². The zero-order valence-corrected chi connectivity index (χ0v) is 17.7. The van der Waals surface area contributed by atoms with Crippen LogP contribution in [0.25, 0.3) is 10.9 Å². The molecule has 0 aliphatic carbocycles. The van der Waals surface area contributed by atoms with Gasteiger partial charge in [0.2, 0.25) is 12.1 Å². The minimum Gasteiger partial charge on any atom is -0.493 e. The molecule has 0 radical (unpaired) electrons. The summed E-state index contributed by atoms with van der Waals surface area (Å²) in [5.74, 6) is -1.43. The molecule has 2 aliphatic rings. The summed E-state index contributed by atoms with van der Waals surface area (Å²) in [6.07, 6.45) is -1.59. The lowest BCUT2D eigenvalue weighted by molar-refractivity contribution is -0.141. The molecule has 0 saturated carbocycles. The molecule has 2 aliphatic heterocycles. The fourth-order valence-electron chi connectivity index (χ4n) is 3.32. The van der Waals surface area contributed by atoms with E-state index in [2.05, 4.69) is 9.97 Å². The van der Waals surface area contributed by atoms with Gasteiger partial charge in [-0.15, -0.1) is 0 Å². The number of para-hydroxylation sites is 2. The van der Waals surface area contributed by atoms with Gasteiger partial charge in [-0.05, 0) is 18.2 Å². The Balaban J connectivity index is 1.61. The first-order valence-corrected chi connectivity index (χ1v) is 9.82. The van der Waals surface area contributed by atoms with Gasteiger partial charge in [-0.2, -0.15) is 4.98 Å². The molecule has 3 aromatic rings. The van der Waals surface area contributed by atoms with Crippen molar-refractivity contribution in [1.82, 2.24) is 14.9 Å². The number of carbonyl (C=O) groups excluding carboxylic acids is 1. The molecule has 10 heteroatoms. The van der Waals surface area contributed by atoms with E-state index in [1.807, 2.05) is 0 Å². The Labute approximate surface area is 202 Å². The molecule has 0 spiro atoms. The normalized spacial score (nSPS) is 27.4. The lowest BCUT2D eigenvalue weighted by Gasteiger charge is -2.37. The van der Waals surface area contributed by atoms with Crippen LogP contribution in [0, 0.1) is 0 Å².